The molecular weight excluding hydrogens is 276 g/mol. The lowest BCUT2D eigenvalue weighted by atomic mass is 9.87. The Bertz CT molecular complexity index is 359. The van der Waals surface area contributed by atoms with Crippen LogP contribution in [0.15, 0.2) is 0 Å². The summed E-state index contributed by atoms with van der Waals surface area (Å²) >= 11 is 0. The third kappa shape index (κ3) is 5.45. The molecule has 1 heterocycles. The Morgan fingerprint density at radius 2 is 1.86 bits per heavy atom. The minimum absolute atomic E-state index is 0.232. The molecule has 1 saturated heterocycles. The largest absolute Gasteiger partial charge is 0.444 e. The summed E-state index contributed by atoms with van der Waals surface area (Å²) in [6.07, 6.45) is 8.78. The lowest BCUT2D eigenvalue weighted by Gasteiger charge is -2.43. The van der Waals surface area contributed by atoms with Gasteiger partial charge in [-0.3, -0.25) is 4.90 Å². The van der Waals surface area contributed by atoms with Crippen LogP contribution in [0.2, 0.25) is 0 Å². The maximum atomic E-state index is 12.1. The first-order valence-corrected chi connectivity index (χ1v) is 9.11. The molecule has 2 fully saturated rings. The fraction of sp³-hybridized carbons (Fsp3) is 0.944. The zero-order valence-corrected chi connectivity index (χ0v) is 14.9. The predicted molar refractivity (Wildman–Crippen MR) is 90.0 cm³/mol. The van der Waals surface area contributed by atoms with E-state index in [1.807, 2.05) is 20.8 Å². The smallest absolute Gasteiger partial charge is 0.407 e. The lowest BCUT2D eigenvalue weighted by molar-refractivity contribution is 0.0383. The second-order valence-electron chi connectivity index (χ2n) is 8.10. The van der Waals surface area contributed by atoms with Gasteiger partial charge in [0.1, 0.15) is 5.60 Å². The van der Waals surface area contributed by atoms with E-state index in [4.69, 9.17) is 4.74 Å². The number of nitrogens with zero attached hydrogens (tertiary/aromatic N) is 1. The van der Waals surface area contributed by atoms with Crippen LogP contribution in [0.25, 0.3) is 0 Å². The maximum absolute atomic E-state index is 12.1. The van der Waals surface area contributed by atoms with Gasteiger partial charge in [0, 0.05) is 25.2 Å². The molecule has 1 N–H and O–H groups in total. The Labute approximate surface area is 136 Å². The number of ether oxygens (including phenoxy) is 1. The molecule has 1 saturated carbocycles. The SMILES string of the molecule is CCC1CC(NC(=O)OC(C)(C)C)CN(C2CCCCC2)C1. The molecule has 2 atom stereocenters. The van der Waals surface area contributed by atoms with Crippen LogP contribution in [-0.2, 0) is 4.74 Å². The van der Waals surface area contributed by atoms with Gasteiger partial charge in [-0.25, -0.2) is 4.79 Å². The van der Waals surface area contributed by atoms with Gasteiger partial charge in [0.25, 0.3) is 0 Å². The Morgan fingerprint density at radius 3 is 2.45 bits per heavy atom. The molecule has 0 radical (unpaired) electrons. The summed E-state index contributed by atoms with van der Waals surface area (Å²) < 4.78 is 5.42. The van der Waals surface area contributed by atoms with Crippen LogP contribution >= 0.6 is 0 Å². The van der Waals surface area contributed by atoms with Gasteiger partial charge in [0.15, 0.2) is 0 Å². The van der Waals surface area contributed by atoms with E-state index in [2.05, 4.69) is 17.1 Å². The zero-order chi connectivity index (χ0) is 16.2. The highest BCUT2D eigenvalue weighted by Crippen LogP contribution is 2.28. The highest BCUT2D eigenvalue weighted by Gasteiger charge is 2.32. The number of amides is 1. The van der Waals surface area contributed by atoms with Crippen molar-refractivity contribution in [2.45, 2.75) is 90.3 Å². The molecule has 4 heteroatoms. The summed E-state index contributed by atoms with van der Waals surface area (Å²) in [5.41, 5.74) is -0.425. The Balaban J connectivity index is 1.91. The molecular formula is C18H34N2O2. The fourth-order valence-corrected chi connectivity index (χ4v) is 3.86. The second-order valence-corrected chi connectivity index (χ2v) is 8.10. The maximum Gasteiger partial charge on any atom is 0.407 e. The first-order chi connectivity index (χ1) is 10.4. The van der Waals surface area contributed by atoms with Crippen LogP contribution in [0.3, 0.4) is 0 Å². The molecule has 1 aliphatic carbocycles. The quantitative estimate of drug-likeness (QED) is 0.858. The number of hydrogen-bond donors (Lipinski definition) is 1. The molecule has 0 aromatic carbocycles. The van der Waals surface area contributed by atoms with E-state index >= 15 is 0 Å². The van der Waals surface area contributed by atoms with Crippen LogP contribution in [0.5, 0.6) is 0 Å². The van der Waals surface area contributed by atoms with E-state index < -0.39 is 5.60 Å². The summed E-state index contributed by atoms with van der Waals surface area (Å²) in [7, 11) is 0. The van der Waals surface area contributed by atoms with E-state index in [1.54, 1.807) is 0 Å². The lowest BCUT2D eigenvalue weighted by Crippen LogP contribution is -2.54. The van der Waals surface area contributed by atoms with Crippen LogP contribution in [0.4, 0.5) is 4.79 Å². The summed E-state index contributed by atoms with van der Waals surface area (Å²) in [6.45, 7) is 10.2. The van der Waals surface area contributed by atoms with Crippen LogP contribution in [0, 0.1) is 5.92 Å². The van der Waals surface area contributed by atoms with Crippen molar-refractivity contribution in [1.82, 2.24) is 10.2 Å². The van der Waals surface area contributed by atoms with Crippen molar-refractivity contribution in [2.75, 3.05) is 13.1 Å². The van der Waals surface area contributed by atoms with E-state index in [-0.39, 0.29) is 12.1 Å². The molecule has 2 aliphatic rings. The molecule has 0 aromatic heterocycles. The molecule has 2 unspecified atom stereocenters. The van der Waals surface area contributed by atoms with Crippen molar-refractivity contribution < 1.29 is 9.53 Å². The highest BCUT2D eigenvalue weighted by molar-refractivity contribution is 5.68. The average molecular weight is 310 g/mol. The molecule has 0 bridgehead atoms. The van der Waals surface area contributed by atoms with Gasteiger partial charge in [0.05, 0.1) is 0 Å². The molecule has 1 aliphatic heterocycles. The number of carbonyl (C=O) groups excluding carboxylic acids is 1. The average Bonchev–Trinajstić information content (AvgIpc) is 2.45. The van der Waals surface area contributed by atoms with Crippen LogP contribution in [-0.4, -0.2) is 41.8 Å². The van der Waals surface area contributed by atoms with E-state index in [1.165, 1.54) is 45.1 Å². The minimum atomic E-state index is -0.425. The topological polar surface area (TPSA) is 41.6 Å². The molecule has 22 heavy (non-hydrogen) atoms. The van der Waals surface area contributed by atoms with Crippen molar-refractivity contribution >= 4 is 6.09 Å². The molecule has 4 nitrogen and oxygen atoms in total. The normalized spacial score (nSPS) is 28.4. The van der Waals surface area contributed by atoms with Gasteiger partial charge in [-0.1, -0.05) is 32.6 Å². The monoisotopic (exact) mass is 310 g/mol. The van der Waals surface area contributed by atoms with Gasteiger partial charge < -0.3 is 10.1 Å². The van der Waals surface area contributed by atoms with Gasteiger partial charge in [-0.15, -0.1) is 0 Å². The number of piperidine rings is 1. The van der Waals surface area contributed by atoms with Gasteiger partial charge >= 0.3 is 6.09 Å². The van der Waals surface area contributed by atoms with Gasteiger partial charge in [-0.05, 0) is 46.0 Å². The summed E-state index contributed by atoms with van der Waals surface area (Å²) in [5.74, 6) is 0.690. The predicted octanol–water partition coefficient (Wildman–Crippen LogP) is 3.94. The molecule has 2 rings (SSSR count). The minimum Gasteiger partial charge on any atom is -0.444 e. The first-order valence-electron chi connectivity index (χ1n) is 9.11. The van der Waals surface area contributed by atoms with Crippen molar-refractivity contribution in [1.29, 1.82) is 0 Å². The second kappa shape index (κ2) is 7.67. The Morgan fingerprint density at radius 1 is 1.18 bits per heavy atom. The molecule has 128 valence electrons. The van der Waals surface area contributed by atoms with Crippen molar-refractivity contribution in [3.63, 3.8) is 0 Å². The number of likely N-dealkylation sites (tertiary alicyclic amines) is 1. The molecule has 0 spiro atoms. The Hall–Kier alpha value is -0.770. The van der Waals surface area contributed by atoms with Crippen molar-refractivity contribution in [3.05, 3.63) is 0 Å². The van der Waals surface area contributed by atoms with E-state index in [9.17, 15) is 4.79 Å². The zero-order valence-electron chi connectivity index (χ0n) is 14.9. The van der Waals surface area contributed by atoms with Crippen LogP contribution in [0.1, 0.15) is 72.6 Å². The first kappa shape index (κ1) is 17.6. The summed E-state index contributed by atoms with van der Waals surface area (Å²) in [6, 6.07) is 0.960. The van der Waals surface area contributed by atoms with Gasteiger partial charge in [0.2, 0.25) is 0 Å². The van der Waals surface area contributed by atoms with E-state index in [0.29, 0.717) is 5.92 Å². The highest BCUT2D eigenvalue weighted by atomic mass is 16.6. The summed E-state index contributed by atoms with van der Waals surface area (Å²) in [4.78, 5) is 14.7. The number of alkyl carbamates (subject to hydrolysis) is 1. The number of carbonyl (C=O) groups is 1. The Kier molecular flexibility index (Phi) is 6.13. The standard InChI is InChI=1S/C18H34N2O2/c1-5-14-11-15(19-17(21)22-18(2,3)4)13-20(12-14)16-9-7-6-8-10-16/h14-16H,5-13H2,1-4H3,(H,19,21). The van der Waals surface area contributed by atoms with Gasteiger partial charge in [-0.2, -0.15) is 0 Å². The summed E-state index contributed by atoms with van der Waals surface area (Å²) in [5, 5.41) is 3.11. The van der Waals surface area contributed by atoms with Crippen LogP contribution < -0.4 is 5.32 Å². The molecule has 0 aromatic rings. The van der Waals surface area contributed by atoms with E-state index in [0.717, 1.165) is 19.0 Å². The third-order valence-electron chi connectivity index (χ3n) is 4.95. The molecule has 1 amide bonds. The fourth-order valence-electron chi connectivity index (χ4n) is 3.86. The van der Waals surface area contributed by atoms with Crippen molar-refractivity contribution in [2.24, 2.45) is 5.92 Å². The third-order valence-corrected chi connectivity index (χ3v) is 4.95. The number of hydrogen-bond acceptors (Lipinski definition) is 3. The number of rotatable bonds is 3. The number of nitrogens with one attached hydrogen (secondary N) is 1. The van der Waals surface area contributed by atoms with Crippen molar-refractivity contribution in [3.8, 4) is 0 Å².